The quantitative estimate of drug-likeness (QED) is 0.856. The number of thioether (sulfide) groups is 1. The summed E-state index contributed by atoms with van der Waals surface area (Å²) >= 11 is 4.95. The molecule has 2 N–H and O–H groups in total. The highest BCUT2D eigenvalue weighted by molar-refractivity contribution is 9.10. The first kappa shape index (κ1) is 14.7. The van der Waals surface area contributed by atoms with Crippen LogP contribution in [0.15, 0.2) is 28.7 Å². The molecule has 3 rings (SSSR count). The standard InChI is InChI=1S/C14H15BrN2O3S/c15-9-3-1-2-4-10(9)16-14(20)17-11(13(18)19)7-21-12(17)8-5-6-8/h1-4,8,11-12H,5-7H2,(H,16,20)(H,18,19). The van der Waals surface area contributed by atoms with Crippen LogP contribution in [0.3, 0.4) is 0 Å². The SMILES string of the molecule is O=C(O)C1CSC(C2CC2)N1C(=O)Nc1ccccc1Br. The Labute approximate surface area is 135 Å². The average molecular weight is 371 g/mol. The second-order valence-electron chi connectivity index (χ2n) is 5.23. The third-order valence-electron chi connectivity index (χ3n) is 3.70. The largest absolute Gasteiger partial charge is 0.480 e. The van der Waals surface area contributed by atoms with Crippen molar-refractivity contribution in [3.63, 3.8) is 0 Å². The number of nitrogens with zero attached hydrogens (tertiary/aromatic N) is 1. The van der Waals surface area contributed by atoms with Crippen molar-refractivity contribution >= 4 is 45.4 Å². The maximum Gasteiger partial charge on any atom is 0.327 e. The van der Waals surface area contributed by atoms with Gasteiger partial charge in [0.05, 0.1) is 11.1 Å². The lowest BCUT2D eigenvalue weighted by molar-refractivity contribution is -0.141. The molecule has 2 fully saturated rings. The number of carboxylic acid groups (broad SMARTS) is 1. The summed E-state index contributed by atoms with van der Waals surface area (Å²) in [5, 5.41) is 12.1. The molecule has 2 unspecified atom stereocenters. The lowest BCUT2D eigenvalue weighted by Crippen LogP contribution is -2.48. The number of urea groups is 1. The van der Waals surface area contributed by atoms with Crippen molar-refractivity contribution in [2.24, 2.45) is 5.92 Å². The number of hydrogen-bond donors (Lipinski definition) is 2. The van der Waals surface area contributed by atoms with Gasteiger partial charge in [-0.05, 0) is 46.8 Å². The molecule has 1 saturated heterocycles. The van der Waals surface area contributed by atoms with Gasteiger partial charge >= 0.3 is 12.0 Å². The molecule has 1 aliphatic carbocycles. The zero-order valence-corrected chi connectivity index (χ0v) is 13.6. The summed E-state index contributed by atoms with van der Waals surface area (Å²) < 4.78 is 0.778. The number of carbonyl (C=O) groups excluding carboxylic acids is 1. The van der Waals surface area contributed by atoms with Gasteiger partial charge in [-0.1, -0.05) is 12.1 Å². The Balaban J connectivity index is 1.79. The monoisotopic (exact) mass is 370 g/mol. The Morgan fingerprint density at radius 3 is 2.67 bits per heavy atom. The van der Waals surface area contributed by atoms with E-state index in [2.05, 4.69) is 21.2 Å². The van der Waals surface area contributed by atoms with E-state index < -0.39 is 12.0 Å². The summed E-state index contributed by atoms with van der Waals surface area (Å²) in [5.41, 5.74) is 0.651. The molecule has 0 spiro atoms. The fourth-order valence-corrected chi connectivity index (χ4v) is 4.48. The number of anilines is 1. The van der Waals surface area contributed by atoms with Crippen molar-refractivity contribution in [2.45, 2.75) is 24.3 Å². The van der Waals surface area contributed by atoms with Gasteiger partial charge in [0, 0.05) is 10.2 Å². The third-order valence-corrected chi connectivity index (χ3v) is 5.85. The molecule has 21 heavy (non-hydrogen) atoms. The predicted molar refractivity (Wildman–Crippen MR) is 85.4 cm³/mol. The van der Waals surface area contributed by atoms with E-state index in [1.54, 1.807) is 17.8 Å². The molecule has 2 amide bonds. The molecule has 1 heterocycles. The van der Waals surface area contributed by atoms with Crippen LogP contribution in [0.25, 0.3) is 0 Å². The number of para-hydroxylation sites is 1. The van der Waals surface area contributed by atoms with Crippen LogP contribution in [0.2, 0.25) is 0 Å². The van der Waals surface area contributed by atoms with Crippen LogP contribution in [0.4, 0.5) is 10.5 Å². The minimum absolute atomic E-state index is 0.0198. The lowest BCUT2D eigenvalue weighted by atomic mass is 10.2. The minimum Gasteiger partial charge on any atom is -0.480 e. The van der Waals surface area contributed by atoms with Gasteiger partial charge in [-0.15, -0.1) is 11.8 Å². The summed E-state index contributed by atoms with van der Waals surface area (Å²) in [7, 11) is 0. The molecule has 0 bridgehead atoms. The second kappa shape index (κ2) is 5.88. The molecule has 1 saturated carbocycles. The highest BCUT2D eigenvalue weighted by atomic mass is 79.9. The molecule has 1 aromatic rings. The van der Waals surface area contributed by atoms with Crippen molar-refractivity contribution in [3.8, 4) is 0 Å². The predicted octanol–water partition coefficient (Wildman–Crippen LogP) is 3.22. The Morgan fingerprint density at radius 1 is 1.33 bits per heavy atom. The Kier molecular flexibility index (Phi) is 4.12. The van der Waals surface area contributed by atoms with Gasteiger partial charge in [-0.25, -0.2) is 9.59 Å². The molecule has 112 valence electrons. The number of carbonyl (C=O) groups is 2. The van der Waals surface area contributed by atoms with Crippen LogP contribution in [-0.2, 0) is 4.79 Å². The second-order valence-corrected chi connectivity index (χ2v) is 7.24. The van der Waals surface area contributed by atoms with E-state index in [1.165, 1.54) is 4.90 Å². The smallest absolute Gasteiger partial charge is 0.327 e. The van der Waals surface area contributed by atoms with E-state index in [9.17, 15) is 14.7 Å². The summed E-state index contributed by atoms with van der Waals surface area (Å²) in [6.07, 6.45) is 2.14. The Morgan fingerprint density at radius 2 is 2.05 bits per heavy atom. The fraction of sp³-hybridized carbons (Fsp3) is 0.429. The van der Waals surface area contributed by atoms with E-state index in [1.807, 2.05) is 18.2 Å². The average Bonchev–Trinajstić information content (AvgIpc) is 3.19. The molecule has 2 aliphatic rings. The zero-order chi connectivity index (χ0) is 15.0. The maximum absolute atomic E-state index is 12.5. The molecule has 1 aromatic carbocycles. The van der Waals surface area contributed by atoms with Gasteiger partial charge in [0.15, 0.2) is 0 Å². The Hall–Kier alpha value is -1.21. The van der Waals surface area contributed by atoms with Crippen molar-refractivity contribution in [1.29, 1.82) is 0 Å². The number of aliphatic carboxylic acids is 1. The number of halogens is 1. The number of hydrogen-bond acceptors (Lipinski definition) is 3. The Bertz CT molecular complexity index is 579. The normalized spacial score (nSPS) is 24.9. The molecule has 7 heteroatoms. The van der Waals surface area contributed by atoms with Crippen molar-refractivity contribution in [2.75, 3.05) is 11.1 Å². The zero-order valence-electron chi connectivity index (χ0n) is 11.2. The van der Waals surface area contributed by atoms with Crippen molar-refractivity contribution in [3.05, 3.63) is 28.7 Å². The van der Waals surface area contributed by atoms with Gasteiger partial charge in [0.25, 0.3) is 0 Å². The van der Waals surface area contributed by atoms with Gasteiger partial charge < -0.3 is 10.4 Å². The van der Waals surface area contributed by atoms with Crippen LogP contribution in [-0.4, -0.2) is 39.2 Å². The van der Waals surface area contributed by atoms with Gasteiger partial charge in [0.1, 0.15) is 6.04 Å². The molecule has 1 aliphatic heterocycles. The fourth-order valence-electron chi connectivity index (χ4n) is 2.46. The van der Waals surface area contributed by atoms with E-state index in [-0.39, 0.29) is 11.4 Å². The van der Waals surface area contributed by atoms with Crippen LogP contribution >= 0.6 is 27.7 Å². The molecule has 0 radical (unpaired) electrons. The highest BCUT2D eigenvalue weighted by Crippen LogP contribution is 2.45. The van der Waals surface area contributed by atoms with Crippen molar-refractivity contribution in [1.82, 2.24) is 4.90 Å². The van der Waals surface area contributed by atoms with Gasteiger partial charge in [0.2, 0.25) is 0 Å². The molecular formula is C14H15BrN2O3S. The minimum atomic E-state index is -0.937. The molecule has 2 atom stereocenters. The molecular weight excluding hydrogens is 356 g/mol. The number of carboxylic acids is 1. The van der Waals surface area contributed by atoms with E-state index in [4.69, 9.17) is 0 Å². The van der Waals surface area contributed by atoms with Gasteiger partial charge in [-0.3, -0.25) is 4.90 Å². The van der Waals surface area contributed by atoms with Crippen LogP contribution < -0.4 is 5.32 Å². The first-order valence-electron chi connectivity index (χ1n) is 6.76. The highest BCUT2D eigenvalue weighted by Gasteiger charge is 2.48. The first-order chi connectivity index (χ1) is 10.1. The van der Waals surface area contributed by atoms with Gasteiger partial charge in [-0.2, -0.15) is 0 Å². The maximum atomic E-state index is 12.5. The van der Waals surface area contributed by atoms with E-state index in [0.717, 1.165) is 17.3 Å². The lowest BCUT2D eigenvalue weighted by Gasteiger charge is -2.27. The van der Waals surface area contributed by atoms with E-state index >= 15 is 0 Å². The number of rotatable bonds is 3. The first-order valence-corrected chi connectivity index (χ1v) is 8.60. The van der Waals surface area contributed by atoms with E-state index in [0.29, 0.717) is 17.4 Å². The van der Waals surface area contributed by atoms with Crippen molar-refractivity contribution < 1.29 is 14.7 Å². The van der Waals surface area contributed by atoms with Crippen LogP contribution in [0.1, 0.15) is 12.8 Å². The van der Waals surface area contributed by atoms with Crippen LogP contribution in [0, 0.1) is 5.92 Å². The molecule has 0 aromatic heterocycles. The van der Waals surface area contributed by atoms with Crippen LogP contribution in [0.5, 0.6) is 0 Å². The summed E-state index contributed by atoms with van der Waals surface area (Å²) in [6, 6.07) is 6.22. The number of amides is 2. The summed E-state index contributed by atoms with van der Waals surface area (Å²) in [4.78, 5) is 25.4. The summed E-state index contributed by atoms with van der Waals surface area (Å²) in [5.74, 6) is -0.0443. The molecule has 5 nitrogen and oxygen atoms in total. The number of nitrogens with one attached hydrogen (secondary N) is 1. The third kappa shape index (κ3) is 3.03. The topological polar surface area (TPSA) is 69.6 Å². The summed E-state index contributed by atoms with van der Waals surface area (Å²) in [6.45, 7) is 0. The number of benzene rings is 1.